The molecule has 0 spiro atoms. The van der Waals surface area contributed by atoms with Crippen molar-refractivity contribution in [1.29, 1.82) is 0 Å². The highest BCUT2D eigenvalue weighted by atomic mass is 32.2. The monoisotopic (exact) mass is 339 g/mol. The molecule has 2 atom stereocenters. The molecule has 0 unspecified atom stereocenters. The summed E-state index contributed by atoms with van der Waals surface area (Å²) in [5.74, 6) is 1.49. The Morgan fingerprint density at radius 1 is 1.48 bits per heavy atom. The van der Waals surface area contributed by atoms with E-state index < -0.39 is 10.2 Å². The van der Waals surface area contributed by atoms with Crippen molar-refractivity contribution in [3.05, 3.63) is 36.3 Å². The molecule has 2 aromatic rings. The molecule has 3 rings (SSSR count). The van der Waals surface area contributed by atoms with Crippen LogP contribution in [0.1, 0.15) is 37.3 Å². The lowest BCUT2D eigenvalue weighted by atomic mass is 10.2. The van der Waals surface area contributed by atoms with Crippen LogP contribution in [0.25, 0.3) is 0 Å². The Bertz CT molecular complexity index is 740. The fraction of sp³-hybridized carbons (Fsp3) is 0.571. The Balaban J connectivity index is 1.70. The third kappa shape index (κ3) is 3.62. The van der Waals surface area contributed by atoms with Gasteiger partial charge in [-0.1, -0.05) is 0 Å². The molecule has 0 radical (unpaired) electrons. The van der Waals surface area contributed by atoms with E-state index in [2.05, 4.69) is 14.8 Å². The van der Waals surface area contributed by atoms with Gasteiger partial charge in [-0.3, -0.25) is 4.68 Å². The van der Waals surface area contributed by atoms with Crippen molar-refractivity contribution in [3.8, 4) is 0 Å². The van der Waals surface area contributed by atoms with Crippen LogP contribution in [0.5, 0.6) is 0 Å². The fourth-order valence-electron chi connectivity index (χ4n) is 2.91. The van der Waals surface area contributed by atoms with Crippen LogP contribution in [0.15, 0.2) is 29.2 Å². The molecule has 23 heavy (non-hydrogen) atoms. The number of nitrogens with zero attached hydrogens (tertiary/aromatic N) is 4. The van der Waals surface area contributed by atoms with E-state index in [0.717, 1.165) is 18.6 Å². The highest BCUT2D eigenvalue weighted by molar-refractivity contribution is 7.87. The van der Waals surface area contributed by atoms with Gasteiger partial charge in [0, 0.05) is 12.6 Å². The normalized spacial score (nSPS) is 20.9. The highest BCUT2D eigenvalue weighted by Crippen LogP contribution is 2.34. The van der Waals surface area contributed by atoms with Crippen LogP contribution in [0.4, 0.5) is 0 Å². The van der Waals surface area contributed by atoms with Gasteiger partial charge in [0.1, 0.15) is 24.2 Å². The maximum atomic E-state index is 12.7. The summed E-state index contributed by atoms with van der Waals surface area (Å²) in [5.41, 5.74) is 0. The third-order valence-corrected chi connectivity index (χ3v) is 5.63. The zero-order chi connectivity index (χ0) is 16.4. The molecule has 126 valence electrons. The summed E-state index contributed by atoms with van der Waals surface area (Å²) in [6, 6.07) is 3.19. The molecule has 0 amide bonds. The summed E-state index contributed by atoms with van der Waals surface area (Å²) < 4.78 is 36.8. The lowest BCUT2D eigenvalue weighted by Crippen LogP contribution is -2.45. The summed E-state index contributed by atoms with van der Waals surface area (Å²) in [7, 11) is -3.59. The summed E-state index contributed by atoms with van der Waals surface area (Å²) >= 11 is 0. The van der Waals surface area contributed by atoms with Gasteiger partial charge in [0.2, 0.25) is 0 Å². The molecule has 3 heterocycles. The number of hydrogen-bond donors (Lipinski definition) is 1. The summed E-state index contributed by atoms with van der Waals surface area (Å²) in [5, 5.41) is 3.99. The number of hydrogen-bond acceptors (Lipinski definition) is 5. The van der Waals surface area contributed by atoms with E-state index in [-0.39, 0.29) is 12.1 Å². The van der Waals surface area contributed by atoms with Crippen molar-refractivity contribution in [3.63, 3.8) is 0 Å². The minimum Gasteiger partial charge on any atom is -0.465 e. The quantitative estimate of drug-likeness (QED) is 0.854. The van der Waals surface area contributed by atoms with E-state index in [4.69, 9.17) is 4.42 Å². The van der Waals surface area contributed by atoms with E-state index in [0.29, 0.717) is 18.8 Å². The summed E-state index contributed by atoms with van der Waals surface area (Å²) in [6.45, 7) is 4.59. The van der Waals surface area contributed by atoms with Crippen molar-refractivity contribution >= 4 is 10.2 Å². The summed E-state index contributed by atoms with van der Waals surface area (Å²) in [6.07, 6.45) is 4.58. The average molecular weight is 339 g/mol. The van der Waals surface area contributed by atoms with E-state index in [1.807, 2.05) is 19.1 Å². The largest absolute Gasteiger partial charge is 0.465 e. The minimum atomic E-state index is -3.59. The minimum absolute atomic E-state index is 0.236. The molecule has 0 aromatic carbocycles. The number of furan rings is 1. The van der Waals surface area contributed by atoms with Crippen molar-refractivity contribution in [2.75, 3.05) is 6.54 Å². The van der Waals surface area contributed by atoms with E-state index >= 15 is 0 Å². The first-order chi connectivity index (χ1) is 11.0. The molecule has 9 heteroatoms. The highest BCUT2D eigenvalue weighted by Gasteiger charge is 2.37. The standard InChI is InChI=1S/C14H21N5O3S/c1-11(8-18-10-15-9-16-18)17-23(20,21)19-7-3-4-13(19)14-6-5-12(2)22-14/h5-6,9-11,13,17H,3-4,7-8H2,1-2H3/t11-,13-/m1/s1. The second-order valence-electron chi connectivity index (χ2n) is 5.86. The maximum Gasteiger partial charge on any atom is 0.280 e. The second-order valence-corrected chi connectivity index (χ2v) is 7.51. The first-order valence-electron chi connectivity index (χ1n) is 7.63. The van der Waals surface area contributed by atoms with Crippen molar-refractivity contribution in [2.24, 2.45) is 0 Å². The lowest BCUT2D eigenvalue weighted by Gasteiger charge is -2.25. The third-order valence-electron chi connectivity index (χ3n) is 3.88. The maximum absolute atomic E-state index is 12.7. The molecule has 1 aliphatic rings. The summed E-state index contributed by atoms with van der Waals surface area (Å²) in [4.78, 5) is 3.86. The van der Waals surface area contributed by atoms with Crippen molar-refractivity contribution in [2.45, 2.75) is 45.3 Å². The van der Waals surface area contributed by atoms with Gasteiger partial charge in [-0.2, -0.15) is 22.5 Å². The number of rotatable bonds is 6. The van der Waals surface area contributed by atoms with Gasteiger partial charge in [0.25, 0.3) is 10.2 Å². The van der Waals surface area contributed by atoms with Gasteiger partial charge < -0.3 is 4.42 Å². The predicted molar refractivity (Wildman–Crippen MR) is 83.7 cm³/mol. The SMILES string of the molecule is Cc1ccc([C@H]2CCCN2S(=O)(=O)N[C@H](C)Cn2cncn2)o1. The van der Waals surface area contributed by atoms with Crippen LogP contribution >= 0.6 is 0 Å². The first kappa shape index (κ1) is 16.2. The van der Waals surface area contributed by atoms with Gasteiger partial charge in [-0.25, -0.2) is 4.98 Å². The van der Waals surface area contributed by atoms with Crippen molar-refractivity contribution < 1.29 is 12.8 Å². The molecule has 1 saturated heterocycles. The smallest absolute Gasteiger partial charge is 0.280 e. The Hall–Kier alpha value is -1.71. The molecule has 0 bridgehead atoms. The first-order valence-corrected chi connectivity index (χ1v) is 9.07. The second kappa shape index (κ2) is 6.42. The molecular formula is C14H21N5O3S. The van der Waals surface area contributed by atoms with Crippen LogP contribution < -0.4 is 4.72 Å². The molecule has 1 aliphatic heterocycles. The molecule has 1 fully saturated rings. The Labute approximate surface area is 135 Å². The average Bonchev–Trinajstić information content (AvgIpc) is 3.17. The van der Waals surface area contributed by atoms with Gasteiger partial charge in [0.15, 0.2) is 0 Å². The predicted octanol–water partition coefficient (Wildman–Crippen LogP) is 1.24. The molecule has 0 aliphatic carbocycles. The lowest BCUT2D eigenvalue weighted by molar-refractivity contribution is 0.326. The van der Waals surface area contributed by atoms with Crippen molar-refractivity contribution in [1.82, 2.24) is 23.8 Å². The molecule has 8 nitrogen and oxygen atoms in total. The number of aromatic nitrogens is 3. The zero-order valence-corrected chi connectivity index (χ0v) is 14.0. The number of nitrogens with one attached hydrogen (secondary N) is 1. The van der Waals surface area contributed by atoms with E-state index in [1.165, 1.54) is 10.6 Å². The van der Waals surface area contributed by atoms with Gasteiger partial charge in [0.05, 0.1) is 12.6 Å². The van der Waals surface area contributed by atoms with Gasteiger partial charge in [-0.15, -0.1) is 0 Å². The van der Waals surface area contributed by atoms with E-state index in [9.17, 15) is 8.42 Å². The molecule has 0 saturated carbocycles. The van der Waals surface area contributed by atoms with Gasteiger partial charge >= 0.3 is 0 Å². The van der Waals surface area contributed by atoms with Gasteiger partial charge in [-0.05, 0) is 38.8 Å². The topological polar surface area (TPSA) is 93.3 Å². The number of aryl methyl sites for hydroxylation is 1. The van der Waals surface area contributed by atoms with Crippen LogP contribution in [0.3, 0.4) is 0 Å². The zero-order valence-electron chi connectivity index (χ0n) is 13.2. The Morgan fingerprint density at radius 3 is 2.96 bits per heavy atom. The van der Waals surface area contributed by atoms with Crippen LogP contribution in [0, 0.1) is 6.92 Å². The molecular weight excluding hydrogens is 318 g/mol. The van der Waals surface area contributed by atoms with Crippen LogP contribution in [-0.4, -0.2) is 40.1 Å². The van der Waals surface area contributed by atoms with Crippen LogP contribution in [-0.2, 0) is 16.8 Å². The fourth-order valence-corrected chi connectivity index (χ4v) is 4.54. The Kier molecular flexibility index (Phi) is 4.51. The van der Waals surface area contributed by atoms with E-state index in [1.54, 1.807) is 17.9 Å². The van der Waals surface area contributed by atoms with Crippen LogP contribution in [0.2, 0.25) is 0 Å². The molecule has 2 aromatic heterocycles. The Morgan fingerprint density at radius 2 is 2.30 bits per heavy atom. The molecule has 1 N–H and O–H groups in total.